The fraction of sp³-hybridized carbons (Fsp3) is 0.600. The number of halogens is 2. The van der Waals surface area contributed by atoms with E-state index in [1.54, 1.807) is 13.0 Å². The molecule has 4 heteroatoms. The zero-order valence-electron chi connectivity index (χ0n) is 12.3. The zero-order chi connectivity index (χ0) is 14.4. The number of nitrogens with one attached hydrogen (secondary N) is 1. The number of rotatable bonds is 7. The van der Waals surface area contributed by atoms with E-state index in [1.807, 2.05) is 0 Å². The van der Waals surface area contributed by atoms with Crippen LogP contribution in [0.5, 0.6) is 0 Å². The molecular formula is C15H24F2N2. The maximum absolute atomic E-state index is 13.6. The van der Waals surface area contributed by atoms with Crippen molar-refractivity contribution in [2.75, 3.05) is 19.6 Å². The van der Waals surface area contributed by atoms with Crippen molar-refractivity contribution in [3.05, 3.63) is 34.9 Å². The molecule has 0 saturated heterocycles. The Labute approximate surface area is 114 Å². The van der Waals surface area contributed by atoms with Gasteiger partial charge in [-0.05, 0) is 38.6 Å². The van der Waals surface area contributed by atoms with Crippen molar-refractivity contribution in [1.29, 1.82) is 0 Å². The van der Waals surface area contributed by atoms with Crippen molar-refractivity contribution in [1.82, 2.24) is 10.2 Å². The van der Waals surface area contributed by atoms with E-state index in [0.29, 0.717) is 17.7 Å². The van der Waals surface area contributed by atoms with Crippen LogP contribution in [0.3, 0.4) is 0 Å². The van der Waals surface area contributed by atoms with Gasteiger partial charge in [-0.1, -0.05) is 13.8 Å². The van der Waals surface area contributed by atoms with Gasteiger partial charge in [-0.2, -0.15) is 0 Å². The average Bonchev–Trinajstić information content (AvgIpc) is 2.38. The first-order valence-electron chi connectivity index (χ1n) is 6.88. The Balaban J connectivity index is 2.55. The molecule has 1 aromatic rings. The summed E-state index contributed by atoms with van der Waals surface area (Å²) >= 11 is 0. The molecule has 1 atom stereocenters. The minimum atomic E-state index is -0.488. The third-order valence-electron chi connectivity index (χ3n) is 3.40. The normalized spacial score (nSPS) is 13.0. The van der Waals surface area contributed by atoms with E-state index in [2.05, 4.69) is 31.0 Å². The lowest BCUT2D eigenvalue weighted by molar-refractivity contribution is 0.270. The predicted molar refractivity (Wildman–Crippen MR) is 75.2 cm³/mol. The van der Waals surface area contributed by atoms with Crippen molar-refractivity contribution in [3.8, 4) is 0 Å². The molecule has 2 nitrogen and oxygen atoms in total. The van der Waals surface area contributed by atoms with Crippen LogP contribution < -0.4 is 5.32 Å². The maximum Gasteiger partial charge on any atom is 0.130 e. The minimum Gasteiger partial charge on any atom is -0.309 e. The number of hydrogen-bond acceptors (Lipinski definition) is 2. The van der Waals surface area contributed by atoms with E-state index >= 15 is 0 Å². The number of benzene rings is 1. The molecule has 1 aromatic carbocycles. The average molecular weight is 270 g/mol. The Morgan fingerprint density at radius 1 is 1.16 bits per heavy atom. The van der Waals surface area contributed by atoms with Crippen molar-refractivity contribution in [2.24, 2.45) is 0 Å². The highest BCUT2D eigenvalue weighted by atomic mass is 19.1. The molecule has 0 spiro atoms. The maximum atomic E-state index is 13.6. The van der Waals surface area contributed by atoms with E-state index in [-0.39, 0.29) is 6.04 Å². The topological polar surface area (TPSA) is 15.3 Å². The molecule has 0 heterocycles. The van der Waals surface area contributed by atoms with Gasteiger partial charge in [0.05, 0.1) is 0 Å². The summed E-state index contributed by atoms with van der Waals surface area (Å²) in [6, 6.07) is 2.80. The summed E-state index contributed by atoms with van der Waals surface area (Å²) in [7, 11) is 0. The molecule has 0 bridgehead atoms. The summed E-state index contributed by atoms with van der Waals surface area (Å²) in [6.07, 6.45) is 0. The molecule has 1 rings (SSSR count). The highest BCUT2D eigenvalue weighted by molar-refractivity contribution is 5.25. The van der Waals surface area contributed by atoms with Crippen LogP contribution in [0, 0.1) is 18.6 Å². The van der Waals surface area contributed by atoms with Crippen LogP contribution in [-0.4, -0.2) is 30.6 Å². The largest absolute Gasteiger partial charge is 0.309 e. The first-order valence-corrected chi connectivity index (χ1v) is 6.88. The quantitative estimate of drug-likeness (QED) is 0.819. The summed E-state index contributed by atoms with van der Waals surface area (Å²) in [4.78, 5) is 2.31. The SMILES string of the molecule is CCN(CC)CC(C)NCc1cc(C)c(F)cc1F. The number of hydrogen-bond donors (Lipinski definition) is 1. The molecule has 0 saturated carbocycles. The number of aryl methyl sites for hydroxylation is 1. The van der Waals surface area contributed by atoms with Gasteiger partial charge in [0, 0.05) is 30.8 Å². The molecule has 0 aliphatic rings. The fourth-order valence-corrected chi connectivity index (χ4v) is 2.07. The van der Waals surface area contributed by atoms with Crippen LogP contribution in [0.1, 0.15) is 31.9 Å². The van der Waals surface area contributed by atoms with Crippen molar-refractivity contribution in [3.63, 3.8) is 0 Å². The molecule has 0 radical (unpaired) electrons. The standard InChI is InChI=1S/C15H24F2N2/c1-5-19(6-2)10-12(4)18-9-13-7-11(3)14(16)8-15(13)17/h7-8,12,18H,5-6,9-10H2,1-4H3. The molecule has 108 valence electrons. The lowest BCUT2D eigenvalue weighted by Gasteiger charge is -2.23. The predicted octanol–water partition coefficient (Wildman–Crippen LogP) is 3.09. The second-order valence-corrected chi connectivity index (χ2v) is 4.96. The van der Waals surface area contributed by atoms with Crippen LogP contribution in [0.25, 0.3) is 0 Å². The molecule has 0 fully saturated rings. The molecule has 0 aromatic heterocycles. The Morgan fingerprint density at radius 2 is 1.79 bits per heavy atom. The fourth-order valence-electron chi connectivity index (χ4n) is 2.07. The first kappa shape index (κ1) is 16.1. The first-order chi connectivity index (χ1) is 8.97. The lowest BCUT2D eigenvalue weighted by Crippen LogP contribution is -2.38. The van der Waals surface area contributed by atoms with Crippen molar-refractivity contribution < 1.29 is 8.78 Å². The monoisotopic (exact) mass is 270 g/mol. The van der Waals surface area contributed by atoms with Crippen molar-refractivity contribution >= 4 is 0 Å². The molecule has 1 N–H and O–H groups in total. The van der Waals surface area contributed by atoms with Crippen LogP contribution >= 0.6 is 0 Å². The molecule has 1 unspecified atom stereocenters. The number of nitrogens with zero attached hydrogens (tertiary/aromatic N) is 1. The van der Waals surface area contributed by atoms with Crippen molar-refractivity contribution in [2.45, 2.75) is 40.3 Å². The Bertz CT molecular complexity index is 403. The van der Waals surface area contributed by atoms with E-state index in [1.165, 1.54) is 0 Å². The van der Waals surface area contributed by atoms with Crippen LogP contribution in [-0.2, 0) is 6.54 Å². The third-order valence-corrected chi connectivity index (χ3v) is 3.40. The second-order valence-electron chi connectivity index (χ2n) is 4.96. The van der Waals surface area contributed by atoms with E-state index < -0.39 is 11.6 Å². The molecule has 0 amide bonds. The Morgan fingerprint density at radius 3 is 2.37 bits per heavy atom. The summed E-state index contributed by atoms with van der Waals surface area (Å²) in [6.45, 7) is 11.3. The lowest BCUT2D eigenvalue weighted by atomic mass is 10.1. The van der Waals surface area contributed by atoms with Gasteiger partial charge in [0.2, 0.25) is 0 Å². The van der Waals surface area contributed by atoms with Crippen LogP contribution in [0.4, 0.5) is 8.78 Å². The van der Waals surface area contributed by atoms with Gasteiger partial charge in [-0.3, -0.25) is 0 Å². The van der Waals surface area contributed by atoms with Gasteiger partial charge in [-0.25, -0.2) is 8.78 Å². The van der Waals surface area contributed by atoms with Crippen LogP contribution in [0.2, 0.25) is 0 Å². The van der Waals surface area contributed by atoms with Gasteiger partial charge in [0.25, 0.3) is 0 Å². The molecule has 19 heavy (non-hydrogen) atoms. The van der Waals surface area contributed by atoms with E-state index in [4.69, 9.17) is 0 Å². The Kier molecular flexibility index (Phi) is 6.38. The summed E-state index contributed by atoms with van der Waals surface area (Å²) < 4.78 is 26.7. The minimum absolute atomic E-state index is 0.268. The van der Waals surface area contributed by atoms with Gasteiger partial charge < -0.3 is 10.2 Å². The molecule has 0 aliphatic heterocycles. The van der Waals surface area contributed by atoms with Gasteiger partial charge >= 0.3 is 0 Å². The van der Waals surface area contributed by atoms with Gasteiger partial charge in [0.1, 0.15) is 11.6 Å². The zero-order valence-corrected chi connectivity index (χ0v) is 12.3. The highest BCUT2D eigenvalue weighted by Crippen LogP contribution is 2.14. The van der Waals surface area contributed by atoms with E-state index in [9.17, 15) is 8.78 Å². The van der Waals surface area contributed by atoms with Crippen LogP contribution in [0.15, 0.2) is 12.1 Å². The summed E-state index contributed by atoms with van der Waals surface area (Å²) in [5.41, 5.74) is 1.000. The number of likely N-dealkylation sites (N-methyl/N-ethyl adjacent to an activating group) is 1. The molecular weight excluding hydrogens is 246 g/mol. The highest BCUT2D eigenvalue weighted by Gasteiger charge is 2.10. The van der Waals surface area contributed by atoms with E-state index in [0.717, 1.165) is 25.7 Å². The summed E-state index contributed by atoms with van der Waals surface area (Å²) in [5, 5.41) is 3.28. The second kappa shape index (κ2) is 7.56. The Hall–Kier alpha value is -1.00. The van der Waals surface area contributed by atoms with Gasteiger partial charge in [-0.15, -0.1) is 0 Å². The molecule has 0 aliphatic carbocycles. The van der Waals surface area contributed by atoms with Gasteiger partial charge in [0.15, 0.2) is 0 Å². The summed E-state index contributed by atoms with van der Waals surface area (Å²) in [5.74, 6) is -0.969. The third kappa shape index (κ3) is 4.88. The smallest absolute Gasteiger partial charge is 0.130 e.